The van der Waals surface area contributed by atoms with Crippen LogP contribution in [0.3, 0.4) is 0 Å². The number of ketones is 1. The number of aliphatic hydroxyl groups is 1. The average molecular weight is 1170 g/mol. The van der Waals surface area contributed by atoms with Crippen LogP contribution in [0.15, 0.2) is 158 Å². The Morgan fingerprint density at radius 1 is 0.583 bits per heavy atom. The molecule has 25 heteroatoms. The second kappa shape index (κ2) is 27.7. The number of hydrogen-bond acceptors (Lipinski definition) is 11. The third kappa shape index (κ3) is 14.8. The van der Waals surface area contributed by atoms with Gasteiger partial charge in [-0.15, -0.1) is 0 Å². The largest absolute Gasteiger partial charge is 1.00 e. The number of Topliss-reactive ketones (excluding diaryl/α,β-unsaturated/α-hetero) is 1. The number of carbonyl (C=O) groups excluding carboxylic acids is 3. The van der Waals surface area contributed by atoms with Crippen LogP contribution in [0.5, 0.6) is 0 Å². The first kappa shape index (κ1) is 63.1. The number of nitrogens with one attached hydrogen (secondary N) is 2. The number of carbonyl (C=O) groups is 3. The van der Waals surface area contributed by atoms with Gasteiger partial charge in [0.2, 0.25) is 0 Å². The van der Waals surface area contributed by atoms with Crippen LogP contribution in [-0.2, 0) is 34.7 Å². The third-order valence-corrected chi connectivity index (χ3v) is 12.5. The van der Waals surface area contributed by atoms with Gasteiger partial charge in [0.1, 0.15) is 29.1 Å². The molecular formula is C59H50AlF8LiN10O5. The van der Waals surface area contributed by atoms with Gasteiger partial charge in [-0.1, -0.05) is 48.5 Å². The summed E-state index contributed by atoms with van der Waals surface area (Å²) in [4.78, 5) is 53.7. The number of nitrogens with zero attached hydrogens (tertiary/aromatic N) is 8. The number of para-hydroxylation sites is 2. The third-order valence-electron chi connectivity index (χ3n) is 12.5. The van der Waals surface area contributed by atoms with Crippen LogP contribution in [0.1, 0.15) is 64.2 Å². The first-order valence-electron chi connectivity index (χ1n) is 25.2. The predicted molar refractivity (Wildman–Crippen MR) is 299 cm³/mol. The molecule has 1 fully saturated rings. The van der Waals surface area contributed by atoms with Crippen molar-refractivity contribution in [3.8, 4) is 34.2 Å². The summed E-state index contributed by atoms with van der Waals surface area (Å²) in [5.41, 5.74) is -1.26. The second-order valence-corrected chi connectivity index (χ2v) is 18.4. The number of aliphatic hydroxyl groups excluding tert-OH is 1. The van der Waals surface area contributed by atoms with Crippen molar-refractivity contribution in [2.75, 3.05) is 30.5 Å². The molecule has 6 aromatic carbocycles. The van der Waals surface area contributed by atoms with E-state index in [0.29, 0.717) is 45.2 Å². The molecule has 1 saturated heterocycles. The molecule has 3 N–H and O–H groups in total. The molecule has 0 saturated carbocycles. The van der Waals surface area contributed by atoms with Gasteiger partial charge in [-0.3, -0.25) is 14.4 Å². The molecule has 0 bridgehead atoms. The minimum atomic E-state index is -4.91. The number of amides is 2. The molecule has 0 atom stereocenters. The molecule has 2 amide bonds. The SMILES string of the molecule is C1CCOC1.CC(=O)Cc1ccc2c(NC(=O)c3cc(-c4ncccn4)c(C(F)(F)F)cc3F)n(-c3ccccc3)nc2c1.O=C(Nc1c2ccc(CCO)cc2nn1-c1ccccc1)c1cc(-c2ncccn2)c(C(F)(F)F)cc1F.[AlH3].[H-].[Li+]. The summed E-state index contributed by atoms with van der Waals surface area (Å²) in [6.07, 6.45) is -1.67. The molecule has 15 nitrogen and oxygen atoms in total. The van der Waals surface area contributed by atoms with Gasteiger partial charge in [0.05, 0.1) is 44.7 Å². The number of alkyl halides is 6. The van der Waals surface area contributed by atoms with Crippen molar-refractivity contribution < 1.29 is 79.6 Å². The Bertz CT molecular complexity index is 3930. The number of rotatable bonds is 12. The van der Waals surface area contributed by atoms with Gasteiger partial charge in [-0.25, -0.2) is 38.1 Å². The summed E-state index contributed by atoms with van der Waals surface area (Å²) >= 11 is 0. The molecule has 4 aromatic heterocycles. The number of anilines is 2. The van der Waals surface area contributed by atoms with Crippen molar-refractivity contribution in [1.29, 1.82) is 0 Å². The van der Waals surface area contributed by atoms with E-state index in [1.807, 2.05) is 0 Å². The molecule has 0 unspecified atom stereocenters. The number of ether oxygens (including phenoxy) is 1. The first-order chi connectivity index (χ1) is 39.4. The Kier molecular flexibility index (Phi) is 20.8. The zero-order chi connectivity index (χ0) is 58.1. The molecule has 11 rings (SSSR count). The maximum absolute atomic E-state index is 15.0. The summed E-state index contributed by atoms with van der Waals surface area (Å²) in [6.45, 7) is 3.40. The Hall–Kier alpha value is -8.48. The minimum absolute atomic E-state index is 0. The normalized spacial score (nSPS) is 12.0. The van der Waals surface area contributed by atoms with E-state index < -0.39 is 69.2 Å². The maximum Gasteiger partial charge on any atom is 1.00 e. The molecule has 0 spiro atoms. The summed E-state index contributed by atoms with van der Waals surface area (Å²) in [7, 11) is 0. The van der Waals surface area contributed by atoms with E-state index in [9.17, 15) is 50.2 Å². The summed E-state index contributed by atoms with van der Waals surface area (Å²) in [5, 5.41) is 24.6. The van der Waals surface area contributed by atoms with E-state index in [4.69, 9.17) is 4.74 Å². The van der Waals surface area contributed by atoms with Crippen molar-refractivity contribution in [3.63, 3.8) is 0 Å². The Labute approximate surface area is 498 Å². The standard InChI is InChI=1S/C28H19F4N5O2.C27H19F4N5O2.C4H8O.Al.Li.4H/c1-16(38)12-17-8-9-19-24(13-17)36-37(18-6-3-2-4-7-18)26(19)35-27(39)21-14-20(25-33-10-5-11-34-25)22(15-23(21)29)28(30,31)32;28-22-15-21(27(29,30)31)19(24-32-10-4-11-33-24)14-20(22)26(38)34-25-18-8-7-16(9-12-37)13-23(18)35-36(25)17-5-2-1-3-6-17;1-2-4-5-3-1;;;;;;/h2-11,13-15H,12H2,1H3,(H,35,39);1-8,10-11,13-15,37H,9,12H2,(H,34,38);1-4H2;;;;;;/q;;;;+1;;;;-1. The molecule has 1 aliphatic heterocycles. The average Bonchev–Trinajstić information content (AvgIpc) is 4.40. The Balaban J connectivity index is 0.000000243. The van der Waals surface area contributed by atoms with Gasteiger partial charge in [0, 0.05) is 72.9 Å². The number of fused-ring (bicyclic) bond motifs is 2. The molecule has 84 heavy (non-hydrogen) atoms. The smallest absolute Gasteiger partial charge is 1.00 e. The Morgan fingerprint density at radius 2 is 0.988 bits per heavy atom. The van der Waals surface area contributed by atoms with E-state index in [0.717, 1.165) is 30.9 Å². The second-order valence-electron chi connectivity index (χ2n) is 18.4. The van der Waals surface area contributed by atoms with Crippen LogP contribution in [0.4, 0.5) is 46.8 Å². The van der Waals surface area contributed by atoms with Crippen LogP contribution >= 0.6 is 0 Å². The van der Waals surface area contributed by atoms with Crippen molar-refractivity contribution in [2.45, 2.75) is 45.0 Å². The Morgan fingerprint density at radius 3 is 1.36 bits per heavy atom. The first-order valence-corrected chi connectivity index (χ1v) is 25.2. The molecule has 0 aliphatic carbocycles. The van der Waals surface area contributed by atoms with Crippen LogP contribution in [-0.4, -0.2) is 99.4 Å². The van der Waals surface area contributed by atoms with Crippen molar-refractivity contribution in [3.05, 3.63) is 203 Å². The summed E-state index contributed by atoms with van der Waals surface area (Å²) in [5.74, 6) is -4.97. The zero-order valence-electron chi connectivity index (χ0n) is 45.1. The van der Waals surface area contributed by atoms with Gasteiger partial charge >= 0.3 is 31.2 Å². The topological polar surface area (TPSA) is 192 Å². The van der Waals surface area contributed by atoms with E-state index in [1.165, 1.54) is 66.0 Å². The summed E-state index contributed by atoms with van der Waals surface area (Å²) in [6, 6.07) is 32.9. The van der Waals surface area contributed by atoms with Crippen molar-refractivity contribution >= 4 is 68.4 Å². The molecule has 10 aromatic rings. The number of halogens is 8. The molecule has 0 radical (unpaired) electrons. The quantitative estimate of drug-likeness (QED) is 0.0790. The fourth-order valence-electron chi connectivity index (χ4n) is 8.77. The van der Waals surface area contributed by atoms with Crippen molar-refractivity contribution in [1.82, 2.24) is 39.5 Å². The zero-order valence-corrected chi connectivity index (χ0v) is 44.1. The van der Waals surface area contributed by atoms with Gasteiger partial charge in [0.15, 0.2) is 29.0 Å². The number of aromatic nitrogens is 8. The van der Waals surface area contributed by atoms with E-state index in [2.05, 4.69) is 40.8 Å². The molecule has 426 valence electrons. The van der Waals surface area contributed by atoms with Crippen LogP contribution < -0.4 is 29.5 Å². The van der Waals surface area contributed by atoms with Crippen LogP contribution in [0, 0.1) is 11.6 Å². The molecule has 5 heterocycles. The minimum Gasteiger partial charge on any atom is -1.00 e. The summed E-state index contributed by atoms with van der Waals surface area (Å²) < 4.78 is 120. The number of hydrogen-bond donors (Lipinski definition) is 3. The monoisotopic (exact) mass is 1160 g/mol. The van der Waals surface area contributed by atoms with Crippen LogP contribution in [0.2, 0.25) is 0 Å². The predicted octanol–water partition coefficient (Wildman–Crippen LogP) is 8.18. The molecule has 1 aliphatic rings. The number of benzene rings is 6. The van der Waals surface area contributed by atoms with E-state index in [-0.39, 0.29) is 91.9 Å². The maximum atomic E-state index is 15.0. The van der Waals surface area contributed by atoms with Crippen molar-refractivity contribution in [2.24, 2.45) is 0 Å². The van der Waals surface area contributed by atoms with Gasteiger partial charge in [-0.2, -0.15) is 36.5 Å². The van der Waals surface area contributed by atoms with Gasteiger partial charge < -0.3 is 21.9 Å². The molecular weight excluding hydrogens is 1110 g/mol. The fourth-order valence-corrected chi connectivity index (χ4v) is 8.77. The van der Waals surface area contributed by atoms with E-state index >= 15 is 4.39 Å². The fraction of sp³-hybridized carbons (Fsp3) is 0.169. The van der Waals surface area contributed by atoms with E-state index in [1.54, 1.807) is 97.1 Å². The van der Waals surface area contributed by atoms with Gasteiger partial charge in [-0.05, 0) is 122 Å². The van der Waals surface area contributed by atoms with Gasteiger partial charge in [0.25, 0.3) is 11.8 Å². The van der Waals surface area contributed by atoms with Crippen LogP contribution in [0.25, 0.3) is 56.0 Å².